The molecule has 0 radical (unpaired) electrons. The lowest BCUT2D eigenvalue weighted by atomic mass is 9.85. The summed E-state index contributed by atoms with van der Waals surface area (Å²) < 4.78 is 29.4. The van der Waals surface area contributed by atoms with Crippen LogP contribution in [0.1, 0.15) is 38.2 Å². The van der Waals surface area contributed by atoms with Crippen molar-refractivity contribution in [1.82, 2.24) is 19.7 Å². The zero-order chi connectivity index (χ0) is 17.9. The molecule has 136 valence electrons. The zero-order valence-corrected chi connectivity index (χ0v) is 14.4. The van der Waals surface area contributed by atoms with Gasteiger partial charge < -0.3 is 5.11 Å². The molecule has 1 fully saturated rings. The van der Waals surface area contributed by atoms with Crippen LogP contribution in [0.25, 0.3) is 0 Å². The number of aliphatic hydroxyl groups is 1. The van der Waals surface area contributed by atoms with Crippen molar-refractivity contribution in [2.24, 2.45) is 0 Å². The van der Waals surface area contributed by atoms with Crippen molar-refractivity contribution >= 4 is 0 Å². The first kappa shape index (κ1) is 17.9. The second kappa shape index (κ2) is 7.58. The third kappa shape index (κ3) is 3.88. The van der Waals surface area contributed by atoms with Gasteiger partial charge in [-0.1, -0.05) is 18.9 Å². The summed E-state index contributed by atoms with van der Waals surface area (Å²) in [5.41, 5.74) is -1.46. The van der Waals surface area contributed by atoms with Crippen LogP contribution in [-0.4, -0.2) is 43.9 Å². The predicted octanol–water partition coefficient (Wildman–Crippen LogP) is 2.71. The third-order valence-corrected chi connectivity index (χ3v) is 5.15. The second-order valence-electron chi connectivity index (χ2n) is 6.77. The highest BCUT2D eigenvalue weighted by molar-refractivity contribution is 5.27. The molecule has 0 spiro atoms. The van der Waals surface area contributed by atoms with Gasteiger partial charge in [0.15, 0.2) is 0 Å². The summed E-state index contributed by atoms with van der Waals surface area (Å²) in [5, 5.41) is 15.6. The molecule has 1 aliphatic rings. The monoisotopic (exact) mass is 350 g/mol. The minimum absolute atomic E-state index is 0.0488. The van der Waals surface area contributed by atoms with Crippen LogP contribution >= 0.6 is 0 Å². The number of hydrogen-bond donors (Lipinski definition) is 1. The maximum absolute atomic E-state index is 14.5. The van der Waals surface area contributed by atoms with Crippen molar-refractivity contribution in [2.75, 3.05) is 13.1 Å². The van der Waals surface area contributed by atoms with Crippen molar-refractivity contribution < 1.29 is 13.9 Å². The van der Waals surface area contributed by atoms with Gasteiger partial charge in [-0.25, -0.2) is 18.4 Å². The van der Waals surface area contributed by atoms with Gasteiger partial charge in [-0.05, 0) is 38.9 Å². The average molecular weight is 350 g/mol. The maximum Gasteiger partial charge on any atom is 0.137 e. The highest BCUT2D eigenvalue weighted by atomic mass is 19.1. The van der Waals surface area contributed by atoms with Crippen molar-refractivity contribution in [1.29, 1.82) is 0 Å². The van der Waals surface area contributed by atoms with E-state index in [1.807, 2.05) is 6.92 Å². The Morgan fingerprint density at radius 3 is 2.52 bits per heavy atom. The average Bonchev–Trinajstić information content (AvgIpc) is 2.93. The van der Waals surface area contributed by atoms with E-state index < -0.39 is 17.2 Å². The Morgan fingerprint density at radius 1 is 1.20 bits per heavy atom. The Bertz CT molecular complexity index is 686. The summed E-state index contributed by atoms with van der Waals surface area (Å²) in [6, 6.07) is 2.97. The topological polar surface area (TPSA) is 54.2 Å². The summed E-state index contributed by atoms with van der Waals surface area (Å²) in [6.45, 7) is 3.64. The predicted molar refractivity (Wildman–Crippen MR) is 89.8 cm³/mol. The van der Waals surface area contributed by atoms with Crippen molar-refractivity contribution in [2.45, 2.75) is 50.8 Å². The molecule has 5 nitrogen and oxygen atoms in total. The lowest BCUT2D eigenvalue weighted by Gasteiger charge is -2.41. The van der Waals surface area contributed by atoms with Crippen molar-refractivity contribution in [3.05, 3.63) is 48.1 Å². The molecule has 1 aromatic carbocycles. The van der Waals surface area contributed by atoms with Gasteiger partial charge >= 0.3 is 0 Å². The Morgan fingerprint density at radius 2 is 1.92 bits per heavy atom. The van der Waals surface area contributed by atoms with Gasteiger partial charge in [0.2, 0.25) is 0 Å². The molecular formula is C18H24F2N4O. The smallest absolute Gasteiger partial charge is 0.137 e. The van der Waals surface area contributed by atoms with Crippen LogP contribution in [0.5, 0.6) is 0 Å². The van der Waals surface area contributed by atoms with Crippen molar-refractivity contribution in [3.63, 3.8) is 0 Å². The van der Waals surface area contributed by atoms with E-state index in [0.717, 1.165) is 44.8 Å². The number of halogens is 2. The van der Waals surface area contributed by atoms with Gasteiger partial charge in [0.25, 0.3) is 0 Å². The van der Waals surface area contributed by atoms with E-state index in [4.69, 9.17) is 0 Å². The van der Waals surface area contributed by atoms with Gasteiger partial charge in [0, 0.05) is 17.7 Å². The van der Waals surface area contributed by atoms with E-state index in [1.165, 1.54) is 29.5 Å². The first-order valence-corrected chi connectivity index (χ1v) is 8.75. The molecule has 0 amide bonds. The quantitative estimate of drug-likeness (QED) is 0.901. The highest BCUT2D eigenvalue weighted by Crippen LogP contribution is 2.33. The first-order chi connectivity index (χ1) is 12.0. The van der Waals surface area contributed by atoms with Crippen LogP contribution in [0.2, 0.25) is 0 Å². The van der Waals surface area contributed by atoms with Crippen LogP contribution < -0.4 is 0 Å². The van der Waals surface area contributed by atoms with Gasteiger partial charge in [-0.3, -0.25) is 4.90 Å². The Hall–Kier alpha value is -1.86. The number of aromatic nitrogens is 3. The fraction of sp³-hybridized carbons (Fsp3) is 0.556. The molecule has 25 heavy (non-hydrogen) atoms. The van der Waals surface area contributed by atoms with Gasteiger partial charge in [0.1, 0.15) is 29.9 Å². The Balaban J connectivity index is 1.98. The second-order valence-corrected chi connectivity index (χ2v) is 6.77. The zero-order valence-electron chi connectivity index (χ0n) is 14.4. The summed E-state index contributed by atoms with van der Waals surface area (Å²) >= 11 is 0. The molecule has 0 aliphatic carbocycles. The molecule has 1 aliphatic heterocycles. The first-order valence-electron chi connectivity index (χ1n) is 8.75. The Kier molecular flexibility index (Phi) is 5.44. The lowest BCUT2D eigenvalue weighted by molar-refractivity contribution is -0.0630. The molecule has 1 aromatic heterocycles. The Labute approximate surface area is 146 Å². The molecule has 7 heteroatoms. The van der Waals surface area contributed by atoms with E-state index in [1.54, 1.807) is 0 Å². The molecule has 0 unspecified atom stereocenters. The molecule has 1 saturated heterocycles. The van der Waals surface area contributed by atoms with Crippen LogP contribution in [0, 0.1) is 11.6 Å². The minimum atomic E-state index is -1.55. The minimum Gasteiger partial charge on any atom is -0.381 e. The summed E-state index contributed by atoms with van der Waals surface area (Å²) in [7, 11) is 0. The molecule has 0 saturated carbocycles. The summed E-state index contributed by atoms with van der Waals surface area (Å²) in [5.74, 6) is -1.41. The molecule has 1 N–H and O–H groups in total. The van der Waals surface area contributed by atoms with Crippen LogP contribution in [0.15, 0.2) is 30.9 Å². The third-order valence-electron chi connectivity index (χ3n) is 5.15. The number of hydrogen-bond acceptors (Lipinski definition) is 4. The molecule has 2 atom stereocenters. The van der Waals surface area contributed by atoms with Gasteiger partial charge in [0.05, 0.1) is 6.54 Å². The number of rotatable bonds is 5. The van der Waals surface area contributed by atoms with E-state index in [9.17, 15) is 13.9 Å². The molecule has 0 bridgehead atoms. The molecular weight excluding hydrogens is 326 g/mol. The number of benzene rings is 1. The molecule has 2 heterocycles. The standard InChI is InChI=1S/C18H24F2N4O/c1-14(23-8-4-2-3-5-9-23)18(25,11-24-13-21-12-22-24)16-7-6-15(19)10-17(16)20/h6-7,10,12-14,25H,2-5,8-9,11H2,1H3/t14-,18-/m0/s1. The van der Waals surface area contributed by atoms with E-state index in [-0.39, 0.29) is 18.2 Å². The maximum atomic E-state index is 14.5. The van der Waals surface area contributed by atoms with Crippen LogP contribution in [0.4, 0.5) is 8.78 Å². The number of nitrogens with zero attached hydrogens (tertiary/aromatic N) is 4. The fourth-order valence-corrected chi connectivity index (χ4v) is 3.63. The SMILES string of the molecule is C[C@H](N1CCCCCC1)[C@@](O)(Cn1cncn1)c1ccc(F)cc1F. The molecule has 2 aromatic rings. The number of likely N-dealkylation sites (tertiary alicyclic amines) is 1. The largest absolute Gasteiger partial charge is 0.381 e. The normalized spacial score (nSPS) is 20.0. The fourth-order valence-electron chi connectivity index (χ4n) is 3.63. The van der Waals surface area contributed by atoms with E-state index >= 15 is 0 Å². The summed E-state index contributed by atoms with van der Waals surface area (Å²) in [4.78, 5) is 6.08. The highest BCUT2D eigenvalue weighted by Gasteiger charge is 2.41. The van der Waals surface area contributed by atoms with Crippen LogP contribution in [0.3, 0.4) is 0 Å². The van der Waals surface area contributed by atoms with Crippen LogP contribution in [-0.2, 0) is 12.1 Å². The van der Waals surface area contributed by atoms with Crippen molar-refractivity contribution in [3.8, 4) is 0 Å². The lowest BCUT2D eigenvalue weighted by Crippen LogP contribution is -2.52. The van der Waals surface area contributed by atoms with Gasteiger partial charge in [-0.2, -0.15) is 5.10 Å². The van der Waals surface area contributed by atoms with Gasteiger partial charge in [-0.15, -0.1) is 0 Å². The van der Waals surface area contributed by atoms with E-state index in [0.29, 0.717) is 0 Å². The van der Waals surface area contributed by atoms with E-state index in [2.05, 4.69) is 15.0 Å². The molecule has 3 rings (SSSR count). The summed E-state index contributed by atoms with van der Waals surface area (Å²) in [6.07, 6.45) is 7.29.